The van der Waals surface area contributed by atoms with Gasteiger partial charge in [-0.25, -0.2) is 4.68 Å². The van der Waals surface area contributed by atoms with Gasteiger partial charge in [-0.1, -0.05) is 18.2 Å². The lowest BCUT2D eigenvalue weighted by molar-refractivity contribution is -0.125. The van der Waals surface area contributed by atoms with Gasteiger partial charge in [0.15, 0.2) is 5.82 Å². The van der Waals surface area contributed by atoms with E-state index in [1.165, 1.54) is 0 Å². The average molecular weight is 390 g/mol. The summed E-state index contributed by atoms with van der Waals surface area (Å²) in [4.78, 5) is 14.8. The van der Waals surface area contributed by atoms with Crippen LogP contribution in [0.2, 0.25) is 0 Å². The smallest absolute Gasteiger partial charge is 0.225 e. The van der Waals surface area contributed by atoms with E-state index in [2.05, 4.69) is 27.3 Å². The molecule has 1 unspecified atom stereocenters. The van der Waals surface area contributed by atoms with Crippen molar-refractivity contribution in [3.63, 3.8) is 0 Å². The number of aromatic nitrogens is 4. The van der Waals surface area contributed by atoms with Gasteiger partial charge in [-0.3, -0.25) is 4.79 Å². The largest absolute Gasteiger partial charge is 0.353 e. The number of hydrogen-bond acceptors (Lipinski definition) is 5. The Kier molecular flexibility index (Phi) is 4.45. The molecule has 150 valence electrons. The van der Waals surface area contributed by atoms with Crippen LogP contribution in [0, 0.1) is 19.8 Å². The Labute approximate surface area is 170 Å². The van der Waals surface area contributed by atoms with Gasteiger partial charge in [-0.05, 0) is 51.7 Å². The highest BCUT2D eigenvalue weighted by Crippen LogP contribution is 2.32. The van der Waals surface area contributed by atoms with Gasteiger partial charge >= 0.3 is 0 Å². The average Bonchev–Trinajstić information content (AvgIpc) is 3.49. The third-order valence-electron chi connectivity index (χ3n) is 6.00. The summed E-state index contributed by atoms with van der Waals surface area (Å²) < 4.78 is 1.96. The summed E-state index contributed by atoms with van der Waals surface area (Å²) in [5.41, 5.74) is 3.82. The quantitative estimate of drug-likeness (QED) is 0.741. The standard InChI is InChI=1S/C22H26N6O/c1-14-19-15(2)28(18-8-4-3-5-9-18)26-20(19)21(25-24-14)27-12-6-7-16(13-27)22(29)23-17-10-11-17/h3-5,8-9,16-17H,6-7,10-13H2,1-2H3,(H,23,29). The summed E-state index contributed by atoms with van der Waals surface area (Å²) >= 11 is 0. The molecule has 2 aliphatic rings. The highest BCUT2D eigenvalue weighted by atomic mass is 16.2. The maximum Gasteiger partial charge on any atom is 0.225 e. The van der Waals surface area contributed by atoms with Crippen LogP contribution in [-0.4, -0.2) is 45.0 Å². The Morgan fingerprint density at radius 1 is 1.10 bits per heavy atom. The number of para-hydroxylation sites is 1. The van der Waals surface area contributed by atoms with E-state index in [0.717, 1.165) is 66.0 Å². The maximum atomic E-state index is 12.6. The first-order chi connectivity index (χ1) is 14.1. The number of amides is 1. The molecule has 1 saturated carbocycles. The van der Waals surface area contributed by atoms with Crippen LogP contribution < -0.4 is 10.2 Å². The van der Waals surface area contributed by atoms with Gasteiger partial charge in [-0.15, -0.1) is 5.10 Å². The van der Waals surface area contributed by atoms with Crippen molar-refractivity contribution in [3.8, 4) is 5.69 Å². The Morgan fingerprint density at radius 3 is 2.66 bits per heavy atom. The molecule has 1 aliphatic carbocycles. The number of aryl methyl sites for hydroxylation is 2. The summed E-state index contributed by atoms with van der Waals surface area (Å²) in [6.45, 7) is 5.59. The number of fused-ring (bicyclic) bond motifs is 1. The fourth-order valence-corrected chi connectivity index (χ4v) is 4.28. The molecule has 7 nitrogen and oxygen atoms in total. The van der Waals surface area contributed by atoms with Gasteiger partial charge < -0.3 is 10.2 Å². The van der Waals surface area contributed by atoms with E-state index in [1.54, 1.807) is 0 Å². The van der Waals surface area contributed by atoms with Crippen molar-refractivity contribution in [1.29, 1.82) is 0 Å². The van der Waals surface area contributed by atoms with Crippen LogP contribution >= 0.6 is 0 Å². The van der Waals surface area contributed by atoms with E-state index in [9.17, 15) is 4.79 Å². The summed E-state index contributed by atoms with van der Waals surface area (Å²) in [6.07, 6.45) is 4.12. The zero-order valence-electron chi connectivity index (χ0n) is 16.9. The van der Waals surface area contributed by atoms with E-state index in [1.807, 2.05) is 41.9 Å². The minimum Gasteiger partial charge on any atom is -0.353 e. The van der Waals surface area contributed by atoms with Crippen molar-refractivity contribution < 1.29 is 4.79 Å². The summed E-state index contributed by atoms with van der Waals surface area (Å²) in [7, 11) is 0. The van der Waals surface area contributed by atoms with Crippen LogP contribution in [0.5, 0.6) is 0 Å². The number of nitrogens with one attached hydrogen (secondary N) is 1. The molecular formula is C22H26N6O. The summed E-state index contributed by atoms with van der Waals surface area (Å²) in [5.74, 6) is 0.964. The lowest BCUT2D eigenvalue weighted by Gasteiger charge is -2.32. The third-order valence-corrected chi connectivity index (χ3v) is 6.00. The van der Waals surface area contributed by atoms with E-state index in [-0.39, 0.29) is 11.8 Å². The molecule has 2 aromatic heterocycles. The zero-order valence-corrected chi connectivity index (χ0v) is 16.9. The van der Waals surface area contributed by atoms with Gasteiger partial charge in [0.2, 0.25) is 5.91 Å². The van der Waals surface area contributed by atoms with E-state index >= 15 is 0 Å². The van der Waals surface area contributed by atoms with E-state index in [4.69, 9.17) is 5.10 Å². The number of piperidine rings is 1. The number of rotatable bonds is 4. The van der Waals surface area contributed by atoms with Crippen molar-refractivity contribution in [2.24, 2.45) is 5.92 Å². The second-order valence-corrected chi connectivity index (χ2v) is 8.23. The van der Waals surface area contributed by atoms with Gasteiger partial charge in [0.05, 0.1) is 28.4 Å². The highest BCUT2D eigenvalue weighted by molar-refractivity contribution is 5.92. The fourth-order valence-electron chi connectivity index (χ4n) is 4.28. The van der Waals surface area contributed by atoms with Crippen molar-refractivity contribution in [1.82, 2.24) is 25.3 Å². The normalized spacial score (nSPS) is 19.5. The molecule has 29 heavy (non-hydrogen) atoms. The fraction of sp³-hybridized carbons (Fsp3) is 0.455. The SMILES string of the molecule is Cc1nnc(N2CCCC(C(=O)NC3CC3)C2)c2nn(-c3ccccc3)c(C)c12. The Balaban J connectivity index is 1.51. The lowest BCUT2D eigenvalue weighted by atomic mass is 9.97. The number of carbonyl (C=O) groups excluding carboxylic acids is 1. The number of anilines is 1. The van der Waals surface area contributed by atoms with E-state index < -0.39 is 0 Å². The first kappa shape index (κ1) is 18.1. The number of nitrogens with zero attached hydrogens (tertiary/aromatic N) is 5. The second-order valence-electron chi connectivity index (χ2n) is 8.23. The molecule has 1 amide bonds. The molecule has 2 fully saturated rings. The predicted octanol–water partition coefficient (Wildman–Crippen LogP) is 2.93. The van der Waals surface area contributed by atoms with Gasteiger partial charge in [0, 0.05) is 19.1 Å². The topological polar surface area (TPSA) is 75.9 Å². The summed E-state index contributed by atoms with van der Waals surface area (Å²) in [5, 5.41) is 18.1. The second kappa shape index (κ2) is 7.13. The van der Waals surface area contributed by atoms with Gasteiger partial charge in [-0.2, -0.15) is 10.2 Å². The zero-order chi connectivity index (χ0) is 20.0. The van der Waals surface area contributed by atoms with Crippen molar-refractivity contribution in [3.05, 3.63) is 41.7 Å². The molecule has 0 spiro atoms. The Bertz CT molecular complexity index is 1060. The van der Waals surface area contributed by atoms with Crippen molar-refractivity contribution >= 4 is 22.6 Å². The Morgan fingerprint density at radius 2 is 1.90 bits per heavy atom. The molecule has 1 N–H and O–H groups in total. The first-order valence-electron chi connectivity index (χ1n) is 10.4. The minimum atomic E-state index is -0.000177. The highest BCUT2D eigenvalue weighted by Gasteiger charge is 2.32. The molecule has 3 aromatic rings. The molecule has 1 atom stereocenters. The molecule has 7 heteroatoms. The predicted molar refractivity (Wildman–Crippen MR) is 112 cm³/mol. The van der Waals surface area contributed by atoms with Crippen LogP contribution in [0.4, 0.5) is 5.82 Å². The van der Waals surface area contributed by atoms with Gasteiger partial charge in [0.25, 0.3) is 0 Å². The van der Waals surface area contributed by atoms with Gasteiger partial charge in [0.1, 0.15) is 5.52 Å². The Hall–Kier alpha value is -2.96. The number of hydrogen-bond donors (Lipinski definition) is 1. The molecule has 1 saturated heterocycles. The lowest BCUT2D eigenvalue weighted by Crippen LogP contribution is -2.44. The van der Waals surface area contributed by atoms with E-state index in [0.29, 0.717) is 12.6 Å². The first-order valence-corrected chi connectivity index (χ1v) is 10.4. The molecular weight excluding hydrogens is 364 g/mol. The third kappa shape index (κ3) is 3.34. The minimum absolute atomic E-state index is 0.000177. The monoisotopic (exact) mass is 390 g/mol. The van der Waals surface area contributed by atoms with Crippen molar-refractivity contribution in [2.45, 2.75) is 45.6 Å². The van der Waals surface area contributed by atoms with Crippen LogP contribution in [-0.2, 0) is 4.79 Å². The molecule has 1 aliphatic heterocycles. The molecule has 1 aromatic carbocycles. The molecule has 3 heterocycles. The summed E-state index contributed by atoms with van der Waals surface area (Å²) in [6, 6.07) is 10.5. The van der Waals surface area contributed by atoms with Crippen LogP contribution in [0.3, 0.4) is 0 Å². The number of benzene rings is 1. The van der Waals surface area contributed by atoms with Crippen molar-refractivity contribution in [2.75, 3.05) is 18.0 Å². The van der Waals surface area contributed by atoms with Crippen LogP contribution in [0.15, 0.2) is 30.3 Å². The maximum absolute atomic E-state index is 12.6. The van der Waals surface area contributed by atoms with Crippen LogP contribution in [0.25, 0.3) is 16.6 Å². The molecule has 0 radical (unpaired) electrons. The number of carbonyl (C=O) groups is 1. The molecule has 0 bridgehead atoms. The molecule has 5 rings (SSSR count). The van der Waals surface area contributed by atoms with Crippen LogP contribution in [0.1, 0.15) is 37.1 Å².